The summed E-state index contributed by atoms with van der Waals surface area (Å²) in [5.74, 6) is -3.10. The third-order valence-electron chi connectivity index (χ3n) is 9.85. The van der Waals surface area contributed by atoms with Gasteiger partial charge in [0.25, 0.3) is 0 Å². The van der Waals surface area contributed by atoms with Crippen molar-refractivity contribution in [3.05, 3.63) is 23.3 Å². The number of allylic oxidation sites excluding steroid dienone is 1. The van der Waals surface area contributed by atoms with Crippen LogP contribution < -0.4 is 0 Å². The molecule has 13 nitrogen and oxygen atoms in total. The third-order valence-corrected chi connectivity index (χ3v) is 9.85. The molecule has 0 spiro atoms. The molecule has 3 fully saturated rings. The number of methoxy groups -OCH3 is 2. The predicted molar refractivity (Wildman–Crippen MR) is 135 cm³/mol. The largest absolute Gasteiger partial charge is 0.468 e. The van der Waals surface area contributed by atoms with Gasteiger partial charge >= 0.3 is 17.9 Å². The van der Waals surface area contributed by atoms with E-state index >= 15 is 0 Å². The maximum absolute atomic E-state index is 13.9. The Labute approximate surface area is 237 Å². The molecule has 3 aliphatic heterocycles. The lowest BCUT2D eigenvalue weighted by atomic mass is 9.44. The van der Waals surface area contributed by atoms with E-state index in [0.717, 1.165) is 0 Å². The van der Waals surface area contributed by atoms with Crippen molar-refractivity contribution in [2.75, 3.05) is 20.8 Å². The van der Waals surface area contributed by atoms with Crippen LogP contribution in [0.2, 0.25) is 0 Å². The van der Waals surface area contributed by atoms with Gasteiger partial charge in [0.2, 0.25) is 6.29 Å². The van der Waals surface area contributed by atoms with Crippen LogP contribution in [0.15, 0.2) is 23.3 Å². The first kappa shape index (κ1) is 30.1. The second-order valence-corrected chi connectivity index (χ2v) is 11.8. The molecule has 0 aromatic rings. The van der Waals surface area contributed by atoms with Crippen molar-refractivity contribution >= 4 is 17.9 Å². The number of cyclic esters (lactones) is 2. The lowest BCUT2D eigenvalue weighted by Gasteiger charge is -2.62. The SMILES string of the molecule is COC(=O)[C@@]12C(C)=CCC[C@H]1[C@]1(C)CC(C3=CC(OC)OC3=O)OC(=O)[C@H]1CC2O[C@@H]1O[C@H](CO)[C@@H](O)[C@H](O)[C@H]1O. The highest BCUT2D eigenvalue weighted by Gasteiger charge is 2.70. The topological polar surface area (TPSA) is 188 Å². The minimum atomic E-state index is -1.71. The van der Waals surface area contributed by atoms with Crippen molar-refractivity contribution in [3.8, 4) is 0 Å². The van der Waals surface area contributed by atoms with Gasteiger partial charge in [-0.05, 0) is 50.0 Å². The Balaban J connectivity index is 1.56. The van der Waals surface area contributed by atoms with Gasteiger partial charge in [-0.1, -0.05) is 18.6 Å². The number of carbonyl (C=O) groups excluding carboxylic acids is 3. The summed E-state index contributed by atoms with van der Waals surface area (Å²) in [6, 6.07) is 0. The Morgan fingerprint density at radius 2 is 1.85 bits per heavy atom. The monoisotopic (exact) mass is 582 g/mol. The van der Waals surface area contributed by atoms with Crippen molar-refractivity contribution in [2.45, 2.75) is 88.7 Å². The number of fused-ring (bicyclic) bond motifs is 3. The van der Waals surface area contributed by atoms with Crippen molar-refractivity contribution in [1.82, 2.24) is 0 Å². The lowest BCUT2D eigenvalue weighted by Crippen LogP contribution is -2.68. The van der Waals surface area contributed by atoms with Crippen LogP contribution in [-0.2, 0) is 42.8 Å². The molecule has 3 unspecified atom stereocenters. The van der Waals surface area contributed by atoms with Gasteiger partial charge in [-0.15, -0.1) is 0 Å². The van der Waals surface area contributed by atoms with Crippen LogP contribution in [0, 0.1) is 22.7 Å². The maximum Gasteiger partial charge on any atom is 0.340 e. The van der Waals surface area contributed by atoms with Gasteiger partial charge in [0, 0.05) is 7.11 Å². The first-order valence-electron chi connectivity index (χ1n) is 13.8. The van der Waals surface area contributed by atoms with Gasteiger partial charge in [0.1, 0.15) is 35.9 Å². The average molecular weight is 583 g/mol. The van der Waals surface area contributed by atoms with Crippen LogP contribution in [-0.4, -0.2) is 108 Å². The van der Waals surface area contributed by atoms with E-state index in [4.69, 9.17) is 28.4 Å². The van der Waals surface area contributed by atoms with Crippen molar-refractivity contribution in [2.24, 2.45) is 22.7 Å². The fraction of sp³-hybridized carbons (Fsp3) is 0.750. The summed E-state index contributed by atoms with van der Waals surface area (Å²) in [5, 5.41) is 41.0. The Morgan fingerprint density at radius 3 is 2.49 bits per heavy atom. The van der Waals surface area contributed by atoms with Crippen LogP contribution in [0.5, 0.6) is 0 Å². The molecule has 2 saturated heterocycles. The molecule has 0 radical (unpaired) electrons. The zero-order valence-corrected chi connectivity index (χ0v) is 23.4. The Morgan fingerprint density at radius 1 is 1.12 bits per heavy atom. The number of carbonyl (C=O) groups is 3. The van der Waals surface area contributed by atoms with Crippen molar-refractivity contribution < 1.29 is 63.2 Å². The van der Waals surface area contributed by atoms with E-state index < -0.39 is 96.4 Å². The van der Waals surface area contributed by atoms with Crippen LogP contribution in [0.4, 0.5) is 0 Å². The fourth-order valence-corrected chi connectivity index (χ4v) is 7.75. The summed E-state index contributed by atoms with van der Waals surface area (Å²) < 4.78 is 33.3. The van der Waals surface area contributed by atoms with Crippen molar-refractivity contribution in [3.63, 3.8) is 0 Å². The summed E-state index contributed by atoms with van der Waals surface area (Å²) in [7, 11) is 2.65. The van der Waals surface area contributed by atoms with Gasteiger partial charge in [0.05, 0.1) is 31.3 Å². The van der Waals surface area contributed by atoms with Crippen LogP contribution in [0.1, 0.15) is 39.5 Å². The number of esters is 3. The Kier molecular flexibility index (Phi) is 8.09. The van der Waals surface area contributed by atoms with E-state index in [1.807, 2.05) is 13.0 Å². The molecule has 0 amide bonds. The summed E-state index contributed by atoms with van der Waals surface area (Å²) in [6.07, 6.45) is -5.94. The fourth-order valence-electron chi connectivity index (χ4n) is 7.75. The van der Waals surface area contributed by atoms with Gasteiger partial charge in [-0.25, -0.2) is 4.79 Å². The highest BCUT2D eigenvalue weighted by atomic mass is 16.7. The number of aliphatic hydroxyl groups excluding tert-OH is 4. The highest BCUT2D eigenvalue weighted by Crippen LogP contribution is 2.65. The molecule has 1 saturated carbocycles. The summed E-state index contributed by atoms with van der Waals surface area (Å²) in [5.41, 5.74) is -1.44. The van der Waals surface area contributed by atoms with Gasteiger partial charge in [0.15, 0.2) is 6.29 Å². The summed E-state index contributed by atoms with van der Waals surface area (Å²) in [4.78, 5) is 40.1. The van der Waals surface area contributed by atoms with Crippen LogP contribution in [0.25, 0.3) is 0 Å². The van der Waals surface area contributed by atoms with E-state index in [1.54, 1.807) is 6.92 Å². The molecule has 5 aliphatic rings. The Bertz CT molecular complexity index is 1130. The zero-order chi connectivity index (χ0) is 29.9. The average Bonchev–Trinajstić information content (AvgIpc) is 3.34. The van der Waals surface area contributed by atoms with Crippen LogP contribution in [0.3, 0.4) is 0 Å². The minimum absolute atomic E-state index is 0.0297. The molecule has 0 aromatic carbocycles. The number of rotatable bonds is 6. The highest BCUT2D eigenvalue weighted by molar-refractivity contribution is 5.93. The molecule has 0 aromatic heterocycles. The van der Waals surface area contributed by atoms with Gasteiger partial charge in [-0.3, -0.25) is 9.59 Å². The molecule has 3 heterocycles. The summed E-state index contributed by atoms with van der Waals surface area (Å²) in [6.45, 7) is 3.04. The Hall–Kier alpha value is -2.39. The molecule has 228 valence electrons. The maximum atomic E-state index is 13.9. The second kappa shape index (κ2) is 11.0. The molecule has 41 heavy (non-hydrogen) atoms. The smallest absolute Gasteiger partial charge is 0.340 e. The normalized spacial score (nSPS) is 46.0. The van der Waals surface area contributed by atoms with Crippen LogP contribution >= 0.6 is 0 Å². The van der Waals surface area contributed by atoms with E-state index in [9.17, 15) is 34.8 Å². The number of hydrogen-bond donors (Lipinski definition) is 4. The van der Waals surface area contributed by atoms with E-state index in [0.29, 0.717) is 18.4 Å². The van der Waals surface area contributed by atoms with E-state index in [-0.39, 0.29) is 18.4 Å². The van der Waals surface area contributed by atoms with E-state index in [2.05, 4.69) is 0 Å². The summed E-state index contributed by atoms with van der Waals surface area (Å²) >= 11 is 0. The molecule has 5 rings (SSSR count). The van der Waals surface area contributed by atoms with Crippen molar-refractivity contribution in [1.29, 1.82) is 0 Å². The molecule has 2 aliphatic carbocycles. The predicted octanol–water partition coefficient (Wildman–Crippen LogP) is -0.515. The van der Waals surface area contributed by atoms with E-state index in [1.165, 1.54) is 20.3 Å². The molecule has 0 bridgehead atoms. The standard InChI is InChI=1S/C28H38O13/c1-12-6-5-7-17-27(2)10-15(13-8-19(36-3)41-23(13)33)38-24(34)14(27)9-18(28(12,17)26(35)37-4)40-25-22(32)21(31)20(30)16(11-29)39-25/h6,8,14-22,25,29-32H,5,7,9-11H2,1-4H3/t14-,15?,16-,17+,18?,19?,20-,21+,22-,25+,27-,28+/m1/s1. The third kappa shape index (κ3) is 4.53. The molecular weight excluding hydrogens is 544 g/mol. The first-order valence-corrected chi connectivity index (χ1v) is 13.8. The second-order valence-electron chi connectivity index (χ2n) is 11.8. The van der Waals surface area contributed by atoms with Gasteiger partial charge < -0.3 is 48.8 Å². The lowest BCUT2D eigenvalue weighted by molar-refractivity contribution is -0.328. The molecule has 13 heteroatoms. The van der Waals surface area contributed by atoms with Gasteiger partial charge in [-0.2, -0.15) is 0 Å². The number of ether oxygens (including phenoxy) is 6. The zero-order valence-electron chi connectivity index (χ0n) is 23.4. The number of hydrogen-bond acceptors (Lipinski definition) is 13. The number of aliphatic hydroxyl groups is 4. The molecular formula is C28H38O13. The molecule has 12 atom stereocenters. The minimum Gasteiger partial charge on any atom is -0.468 e. The first-order chi connectivity index (χ1) is 19.4. The molecule has 4 N–H and O–H groups in total. The quantitative estimate of drug-likeness (QED) is 0.178.